The third-order valence-corrected chi connectivity index (χ3v) is 6.13. The van der Waals surface area contributed by atoms with Crippen LogP contribution in [0.25, 0.3) is 0 Å². The number of aliphatic hydroxyl groups excluding tert-OH is 3. The Morgan fingerprint density at radius 3 is 2.70 bits per heavy atom. The van der Waals surface area contributed by atoms with Crippen LogP contribution in [0.1, 0.15) is 57.8 Å². The van der Waals surface area contributed by atoms with Gasteiger partial charge in [-0.3, -0.25) is 0 Å². The third kappa shape index (κ3) is 3.82. The highest BCUT2D eigenvalue weighted by Gasteiger charge is 2.46. The van der Waals surface area contributed by atoms with Gasteiger partial charge in [-0.15, -0.1) is 0 Å². The zero-order chi connectivity index (χ0) is 16.2. The molecule has 0 spiro atoms. The Bertz CT molecular complexity index is 481. The molecule has 0 amide bonds. The second-order valence-corrected chi connectivity index (χ2v) is 7.57. The molecule has 3 aliphatic carbocycles. The average Bonchev–Trinajstić information content (AvgIpc) is 3.06. The first-order valence-corrected chi connectivity index (χ1v) is 9.37. The molecule has 0 aliphatic heterocycles. The van der Waals surface area contributed by atoms with Crippen LogP contribution in [0.2, 0.25) is 0 Å². The number of fused-ring (bicyclic) bond motifs is 1. The summed E-state index contributed by atoms with van der Waals surface area (Å²) in [6.07, 6.45) is 10.7. The van der Waals surface area contributed by atoms with Crippen LogP contribution in [-0.4, -0.2) is 34.1 Å². The standard InChI is InChI=1S/C20H30O3/c21-12-4-3-7-15-13-18-16(15)8-11-20(23)17(18)9-10-19(22)14-5-1-2-6-14/h7,14,16-23H,1-6,8,11-13H2/b15-7-/t16-,17?,18+,19?,20-/m1/s1. The van der Waals surface area contributed by atoms with Gasteiger partial charge in [-0.05, 0) is 62.7 Å². The lowest BCUT2D eigenvalue weighted by molar-refractivity contribution is 0.0135. The van der Waals surface area contributed by atoms with E-state index in [2.05, 4.69) is 17.9 Å². The van der Waals surface area contributed by atoms with Crippen LogP contribution in [0.15, 0.2) is 11.6 Å². The Balaban J connectivity index is 1.60. The van der Waals surface area contributed by atoms with Gasteiger partial charge in [-0.1, -0.05) is 36.3 Å². The van der Waals surface area contributed by atoms with E-state index in [1.54, 1.807) is 0 Å². The summed E-state index contributed by atoms with van der Waals surface area (Å²) in [5, 5.41) is 29.5. The first-order chi connectivity index (χ1) is 11.2. The molecule has 5 atom stereocenters. The predicted octanol–water partition coefficient (Wildman–Crippen LogP) is 2.65. The van der Waals surface area contributed by atoms with Crippen LogP contribution in [0, 0.1) is 35.5 Å². The van der Waals surface area contributed by atoms with E-state index in [4.69, 9.17) is 5.11 Å². The van der Waals surface area contributed by atoms with Gasteiger partial charge in [0, 0.05) is 6.61 Å². The maximum Gasteiger partial charge on any atom is 0.117 e. The SMILES string of the molecule is OCCC/C=C1/C[C@@H]2C(C#CC(O)C3CCCC3)[C@H](O)CC[C@H]12. The third-order valence-electron chi connectivity index (χ3n) is 6.13. The number of aliphatic hydroxyl groups is 3. The van der Waals surface area contributed by atoms with Crippen molar-refractivity contribution in [1.29, 1.82) is 0 Å². The van der Waals surface area contributed by atoms with E-state index in [-0.39, 0.29) is 18.6 Å². The van der Waals surface area contributed by atoms with Gasteiger partial charge in [-0.25, -0.2) is 0 Å². The second-order valence-electron chi connectivity index (χ2n) is 7.57. The van der Waals surface area contributed by atoms with Gasteiger partial charge in [0.05, 0.1) is 12.0 Å². The monoisotopic (exact) mass is 318 g/mol. The summed E-state index contributed by atoms with van der Waals surface area (Å²) in [7, 11) is 0. The van der Waals surface area contributed by atoms with Crippen molar-refractivity contribution in [1.82, 2.24) is 0 Å². The minimum Gasteiger partial charge on any atom is -0.396 e. The van der Waals surface area contributed by atoms with Crippen molar-refractivity contribution >= 4 is 0 Å². The number of hydrogen-bond donors (Lipinski definition) is 3. The first kappa shape index (κ1) is 17.0. The Morgan fingerprint density at radius 1 is 1.17 bits per heavy atom. The Morgan fingerprint density at radius 2 is 1.96 bits per heavy atom. The van der Waals surface area contributed by atoms with Crippen LogP contribution in [0.5, 0.6) is 0 Å². The van der Waals surface area contributed by atoms with Crippen molar-refractivity contribution in [2.75, 3.05) is 6.61 Å². The summed E-state index contributed by atoms with van der Waals surface area (Å²) in [6.45, 7) is 0.254. The molecule has 2 unspecified atom stereocenters. The quantitative estimate of drug-likeness (QED) is 0.424. The molecule has 0 aromatic heterocycles. The Labute approximate surface area is 139 Å². The lowest BCUT2D eigenvalue weighted by Crippen LogP contribution is -2.44. The summed E-state index contributed by atoms with van der Waals surface area (Å²) in [5.74, 6) is 7.72. The van der Waals surface area contributed by atoms with Crippen molar-refractivity contribution in [3.63, 3.8) is 0 Å². The molecule has 128 valence electrons. The van der Waals surface area contributed by atoms with Crippen molar-refractivity contribution in [3.8, 4) is 11.8 Å². The molecule has 23 heavy (non-hydrogen) atoms. The lowest BCUT2D eigenvalue weighted by Gasteiger charge is -2.48. The summed E-state index contributed by atoms with van der Waals surface area (Å²) in [5.41, 5.74) is 1.50. The number of rotatable bonds is 4. The molecule has 3 heteroatoms. The van der Waals surface area contributed by atoms with Gasteiger partial charge in [0.1, 0.15) is 6.10 Å². The van der Waals surface area contributed by atoms with Crippen LogP contribution < -0.4 is 0 Å². The van der Waals surface area contributed by atoms with E-state index in [9.17, 15) is 10.2 Å². The molecule has 3 N–H and O–H groups in total. The molecule has 0 bridgehead atoms. The van der Waals surface area contributed by atoms with Crippen molar-refractivity contribution in [3.05, 3.63) is 11.6 Å². The van der Waals surface area contributed by atoms with Crippen LogP contribution in [-0.2, 0) is 0 Å². The molecule has 0 radical (unpaired) electrons. The molecule has 0 saturated heterocycles. The molecule has 3 rings (SSSR count). The molecular formula is C20H30O3. The minimum atomic E-state index is -0.510. The van der Waals surface area contributed by atoms with Gasteiger partial charge in [0.15, 0.2) is 0 Å². The zero-order valence-electron chi connectivity index (χ0n) is 14.0. The van der Waals surface area contributed by atoms with E-state index >= 15 is 0 Å². The topological polar surface area (TPSA) is 60.7 Å². The summed E-state index contributed by atoms with van der Waals surface area (Å²) in [4.78, 5) is 0. The molecule has 3 nitrogen and oxygen atoms in total. The molecule has 3 fully saturated rings. The second kappa shape index (κ2) is 7.83. The van der Waals surface area contributed by atoms with Gasteiger partial charge in [0.2, 0.25) is 0 Å². The molecule has 0 heterocycles. The van der Waals surface area contributed by atoms with Crippen molar-refractivity contribution < 1.29 is 15.3 Å². The summed E-state index contributed by atoms with van der Waals surface area (Å²) >= 11 is 0. The fourth-order valence-corrected chi connectivity index (χ4v) is 4.66. The smallest absolute Gasteiger partial charge is 0.117 e. The van der Waals surface area contributed by atoms with Gasteiger partial charge in [0.25, 0.3) is 0 Å². The highest BCUT2D eigenvalue weighted by Crippen LogP contribution is 2.51. The summed E-state index contributed by atoms with van der Waals surface area (Å²) < 4.78 is 0. The van der Waals surface area contributed by atoms with Crippen molar-refractivity contribution in [2.45, 2.75) is 70.0 Å². The average molecular weight is 318 g/mol. The number of unbranched alkanes of at least 4 members (excludes halogenated alkanes) is 1. The minimum absolute atomic E-state index is 0.0276. The fourth-order valence-electron chi connectivity index (χ4n) is 4.66. The number of hydrogen-bond acceptors (Lipinski definition) is 3. The highest BCUT2D eigenvalue weighted by molar-refractivity contribution is 5.26. The lowest BCUT2D eigenvalue weighted by atomic mass is 9.57. The maximum absolute atomic E-state index is 10.3. The van der Waals surface area contributed by atoms with E-state index in [1.807, 2.05) is 0 Å². The molecule has 0 aromatic carbocycles. The number of allylic oxidation sites excluding steroid dienone is 2. The van der Waals surface area contributed by atoms with Crippen LogP contribution in [0.3, 0.4) is 0 Å². The van der Waals surface area contributed by atoms with Crippen LogP contribution in [0.4, 0.5) is 0 Å². The Hall–Kier alpha value is -0.820. The van der Waals surface area contributed by atoms with Gasteiger partial charge in [-0.2, -0.15) is 0 Å². The van der Waals surface area contributed by atoms with E-state index < -0.39 is 6.10 Å². The van der Waals surface area contributed by atoms with Gasteiger partial charge >= 0.3 is 0 Å². The Kier molecular flexibility index (Phi) is 5.80. The van der Waals surface area contributed by atoms with Crippen molar-refractivity contribution in [2.24, 2.45) is 23.7 Å². The van der Waals surface area contributed by atoms with E-state index in [0.29, 0.717) is 17.8 Å². The van der Waals surface area contributed by atoms with Gasteiger partial charge < -0.3 is 15.3 Å². The first-order valence-electron chi connectivity index (χ1n) is 9.37. The van der Waals surface area contributed by atoms with E-state index in [1.165, 1.54) is 18.4 Å². The normalized spacial score (nSPS) is 36.9. The zero-order valence-corrected chi connectivity index (χ0v) is 14.0. The molecule has 0 aromatic rings. The van der Waals surface area contributed by atoms with Crippen LogP contribution >= 0.6 is 0 Å². The molecular weight excluding hydrogens is 288 g/mol. The fraction of sp³-hybridized carbons (Fsp3) is 0.800. The molecule has 3 saturated carbocycles. The highest BCUT2D eigenvalue weighted by atomic mass is 16.3. The summed E-state index contributed by atoms with van der Waals surface area (Å²) in [6, 6.07) is 0. The maximum atomic E-state index is 10.3. The largest absolute Gasteiger partial charge is 0.396 e. The molecule has 3 aliphatic rings. The van der Waals surface area contributed by atoms with E-state index in [0.717, 1.165) is 44.9 Å². The predicted molar refractivity (Wildman–Crippen MR) is 90.5 cm³/mol.